The molecule has 0 spiro atoms. The van der Waals surface area contributed by atoms with E-state index in [1.807, 2.05) is 0 Å². The molecule has 2 atom stereocenters. The summed E-state index contributed by atoms with van der Waals surface area (Å²) in [7, 11) is -4.08. The van der Waals surface area contributed by atoms with E-state index in [0.717, 1.165) is 0 Å². The average Bonchev–Trinajstić information content (AvgIpc) is 2.82. The summed E-state index contributed by atoms with van der Waals surface area (Å²) >= 11 is 3.26. The van der Waals surface area contributed by atoms with Crippen LogP contribution in [-0.4, -0.2) is 55.7 Å². The third-order valence-corrected chi connectivity index (χ3v) is 7.24. The van der Waals surface area contributed by atoms with E-state index >= 15 is 0 Å². The Morgan fingerprint density at radius 1 is 0.974 bits per heavy atom. The number of sulfonamides is 1. The molecule has 208 valence electrons. The zero-order valence-corrected chi connectivity index (χ0v) is 24.0. The predicted molar refractivity (Wildman–Crippen MR) is 146 cm³/mol. The van der Waals surface area contributed by atoms with Crippen LogP contribution in [-0.2, 0) is 30.8 Å². The fourth-order valence-corrected chi connectivity index (χ4v) is 4.91. The SMILES string of the molecule is CC(C)(C)OC(=O)NCCCC[C@H](NS(=O)(=O)c1ccc(Br)cc1)C(=O)N[C@@H](Cc1ccccc1)C(=O)O. The summed E-state index contributed by atoms with van der Waals surface area (Å²) in [4.78, 5) is 36.8. The van der Waals surface area contributed by atoms with E-state index in [4.69, 9.17) is 4.74 Å². The summed E-state index contributed by atoms with van der Waals surface area (Å²) in [5, 5.41) is 14.8. The van der Waals surface area contributed by atoms with Gasteiger partial charge in [-0.1, -0.05) is 46.3 Å². The van der Waals surface area contributed by atoms with E-state index in [2.05, 4.69) is 31.3 Å². The first-order chi connectivity index (χ1) is 17.8. The molecule has 2 rings (SSSR count). The Balaban J connectivity index is 2.10. The number of carbonyl (C=O) groups excluding carboxylic acids is 2. The van der Waals surface area contributed by atoms with Gasteiger partial charge in [0.15, 0.2) is 0 Å². The van der Waals surface area contributed by atoms with Crippen LogP contribution in [0.4, 0.5) is 4.79 Å². The molecule has 4 N–H and O–H groups in total. The number of amides is 2. The third kappa shape index (κ3) is 11.2. The minimum Gasteiger partial charge on any atom is -0.480 e. The zero-order chi connectivity index (χ0) is 28.3. The normalized spacial score (nSPS) is 13.3. The Labute approximate surface area is 231 Å². The fraction of sp³-hybridized carbons (Fsp3) is 0.423. The van der Waals surface area contributed by atoms with E-state index in [-0.39, 0.29) is 24.3 Å². The van der Waals surface area contributed by atoms with Gasteiger partial charge in [-0.3, -0.25) is 4.79 Å². The van der Waals surface area contributed by atoms with Crippen LogP contribution in [0.1, 0.15) is 45.6 Å². The van der Waals surface area contributed by atoms with Gasteiger partial charge >= 0.3 is 12.1 Å². The minimum atomic E-state index is -4.08. The Morgan fingerprint density at radius 3 is 2.18 bits per heavy atom. The van der Waals surface area contributed by atoms with Gasteiger partial charge in [-0.05, 0) is 69.9 Å². The van der Waals surface area contributed by atoms with Crippen LogP contribution >= 0.6 is 15.9 Å². The highest BCUT2D eigenvalue weighted by atomic mass is 79.9. The lowest BCUT2D eigenvalue weighted by Crippen LogP contribution is -2.52. The Bertz CT molecular complexity index is 1180. The summed E-state index contributed by atoms with van der Waals surface area (Å²) in [6.45, 7) is 5.50. The number of carboxylic acids is 1. The van der Waals surface area contributed by atoms with Crippen molar-refractivity contribution in [3.05, 3.63) is 64.6 Å². The van der Waals surface area contributed by atoms with Crippen molar-refractivity contribution in [3.63, 3.8) is 0 Å². The lowest BCUT2D eigenvalue weighted by Gasteiger charge is -2.22. The summed E-state index contributed by atoms with van der Waals surface area (Å²) in [6.07, 6.45) is 0.346. The first kappa shape index (κ1) is 31.3. The second-order valence-corrected chi connectivity index (χ2v) is 12.3. The standard InChI is InChI=1S/C26H34BrN3O7S/c1-26(2,3)37-25(34)28-16-8-7-11-21(30-38(35,36)20-14-12-19(27)13-15-20)23(31)29-22(24(32)33)17-18-9-5-4-6-10-18/h4-6,9-10,12-15,21-22,30H,7-8,11,16-17H2,1-3H3,(H,28,34)(H,29,31)(H,32,33)/t21-,22-/m0/s1. The minimum absolute atomic E-state index is 0.0356. The van der Waals surface area contributed by atoms with Crippen molar-refractivity contribution in [1.82, 2.24) is 15.4 Å². The molecule has 38 heavy (non-hydrogen) atoms. The van der Waals surface area contributed by atoms with Gasteiger partial charge in [0.2, 0.25) is 15.9 Å². The number of hydrogen-bond acceptors (Lipinski definition) is 6. The van der Waals surface area contributed by atoms with E-state index < -0.39 is 45.7 Å². The predicted octanol–water partition coefficient (Wildman–Crippen LogP) is 3.60. The van der Waals surface area contributed by atoms with Crippen LogP contribution in [0.3, 0.4) is 0 Å². The Hall–Kier alpha value is -2.96. The van der Waals surface area contributed by atoms with Crippen molar-refractivity contribution < 1.29 is 32.6 Å². The van der Waals surface area contributed by atoms with Crippen LogP contribution in [0.15, 0.2) is 64.0 Å². The summed E-state index contributed by atoms with van der Waals surface area (Å²) in [5.41, 5.74) is 0.0688. The van der Waals surface area contributed by atoms with Crippen LogP contribution in [0.5, 0.6) is 0 Å². The maximum absolute atomic E-state index is 13.1. The smallest absolute Gasteiger partial charge is 0.407 e. The lowest BCUT2D eigenvalue weighted by atomic mass is 10.0. The second-order valence-electron chi connectivity index (χ2n) is 9.64. The topological polar surface area (TPSA) is 151 Å². The van der Waals surface area contributed by atoms with Gasteiger partial charge in [-0.2, -0.15) is 4.72 Å². The molecule has 0 bridgehead atoms. The molecule has 0 unspecified atom stereocenters. The molecule has 2 amide bonds. The summed E-state index contributed by atoms with van der Waals surface area (Å²) in [5.74, 6) is -1.99. The Kier molecular flexibility index (Phi) is 11.7. The number of halogens is 1. The largest absolute Gasteiger partial charge is 0.480 e. The van der Waals surface area contributed by atoms with Crippen LogP contribution in [0, 0.1) is 0 Å². The molecular formula is C26H34BrN3O7S. The Morgan fingerprint density at radius 2 is 1.61 bits per heavy atom. The molecule has 0 radical (unpaired) electrons. The van der Waals surface area contributed by atoms with Gasteiger partial charge in [0, 0.05) is 17.4 Å². The maximum Gasteiger partial charge on any atom is 0.407 e. The highest BCUT2D eigenvalue weighted by Crippen LogP contribution is 2.16. The van der Waals surface area contributed by atoms with Crippen LogP contribution in [0.25, 0.3) is 0 Å². The zero-order valence-electron chi connectivity index (χ0n) is 21.6. The van der Waals surface area contributed by atoms with Crippen molar-refractivity contribution in [2.75, 3.05) is 6.54 Å². The van der Waals surface area contributed by atoms with Crippen molar-refractivity contribution in [2.24, 2.45) is 0 Å². The molecule has 0 saturated heterocycles. The molecule has 2 aromatic rings. The van der Waals surface area contributed by atoms with Crippen LogP contribution < -0.4 is 15.4 Å². The third-order valence-electron chi connectivity index (χ3n) is 5.22. The molecule has 2 aromatic carbocycles. The summed E-state index contributed by atoms with van der Waals surface area (Å²) in [6, 6.07) is 12.2. The van der Waals surface area contributed by atoms with E-state index in [9.17, 15) is 27.9 Å². The molecule has 0 aliphatic carbocycles. The molecule has 12 heteroatoms. The molecule has 0 aliphatic heterocycles. The van der Waals surface area contributed by atoms with Gasteiger partial charge < -0.3 is 20.5 Å². The fourth-order valence-electron chi connectivity index (χ4n) is 3.41. The number of alkyl carbamates (subject to hydrolysis) is 1. The van der Waals surface area contributed by atoms with Crippen molar-refractivity contribution in [1.29, 1.82) is 0 Å². The van der Waals surface area contributed by atoms with E-state index in [0.29, 0.717) is 22.9 Å². The average molecular weight is 613 g/mol. The molecular weight excluding hydrogens is 578 g/mol. The van der Waals surface area contributed by atoms with Gasteiger partial charge in [-0.25, -0.2) is 18.0 Å². The van der Waals surface area contributed by atoms with E-state index in [1.54, 1.807) is 63.2 Å². The second kappa shape index (κ2) is 14.3. The van der Waals surface area contributed by atoms with Gasteiger partial charge in [0.05, 0.1) is 4.90 Å². The first-order valence-corrected chi connectivity index (χ1v) is 14.4. The number of carboxylic acid groups (broad SMARTS) is 1. The van der Waals surface area contributed by atoms with Gasteiger partial charge in [0.1, 0.15) is 17.7 Å². The number of nitrogens with one attached hydrogen (secondary N) is 3. The number of ether oxygens (including phenoxy) is 1. The maximum atomic E-state index is 13.1. The van der Waals surface area contributed by atoms with Crippen molar-refractivity contribution in [2.45, 2.75) is 69.0 Å². The molecule has 10 nitrogen and oxygen atoms in total. The van der Waals surface area contributed by atoms with Crippen LogP contribution in [0.2, 0.25) is 0 Å². The number of unbranched alkanes of at least 4 members (excludes halogenated alkanes) is 1. The van der Waals surface area contributed by atoms with Gasteiger partial charge in [0.25, 0.3) is 0 Å². The number of aliphatic carboxylic acids is 1. The van der Waals surface area contributed by atoms with Gasteiger partial charge in [-0.15, -0.1) is 0 Å². The summed E-state index contributed by atoms with van der Waals surface area (Å²) < 4.78 is 34.2. The van der Waals surface area contributed by atoms with E-state index in [1.165, 1.54) is 12.1 Å². The molecule has 0 fully saturated rings. The van der Waals surface area contributed by atoms with Crippen molar-refractivity contribution >= 4 is 43.9 Å². The molecule has 0 aromatic heterocycles. The van der Waals surface area contributed by atoms with Crippen molar-refractivity contribution in [3.8, 4) is 0 Å². The number of carbonyl (C=O) groups is 3. The monoisotopic (exact) mass is 611 g/mol. The number of hydrogen-bond donors (Lipinski definition) is 4. The lowest BCUT2D eigenvalue weighted by molar-refractivity contribution is -0.142. The molecule has 0 saturated carbocycles. The highest BCUT2D eigenvalue weighted by Gasteiger charge is 2.29. The molecule has 0 heterocycles. The highest BCUT2D eigenvalue weighted by molar-refractivity contribution is 9.10. The number of benzene rings is 2. The first-order valence-electron chi connectivity index (χ1n) is 12.1. The number of rotatable bonds is 13. The molecule has 0 aliphatic rings. The quantitative estimate of drug-likeness (QED) is 0.253.